The molecule has 1 aliphatic heterocycles. The van der Waals surface area contributed by atoms with Crippen LogP contribution in [-0.2, 0) is 6.54 Å². The molecule has 0 bridgehead atoms. The monoisotopic (exact) mass is 289 g/mol. The lowest BCUT2D eigenvalue weighted by Crippen LogP contribution is -2.39. The Kier molecular flexibility index (Phi) is 6.22. The van der Waals surface area contributed by atoms with Gasteiger partial charge in [0.1, 0.15) is 12.4 Å². The molecule has 1 aliphatic rings. The summed E-state index contributed by atoms with van der Waals surface area (Å²) in [5.74, 6) is 5.09. The maximum absolute atomic E-state index is 14.2. The van der Waals surface area contributed by atoms with Gasteiger partial charge >= 0.3 is 0 Å². The molecule has 1 aromatic rings. The van der Waals surface area contributed by atoms with Crippen molar-refractivity contribution in [2.24, 2.45) is 0 Å². The fraction of sp³-hybridized carbons (Fsp3) is 0.556. The van der Waals surface area contributed by atoms with Gasteiger partial charge in [0, 0.05) is 23.7 Å². The van der Waals surface area contributed by atoms with Crippen LogP contribution in [0.15, 0.2) is 18.2 Å². The van der Waals surface area contributed by atoms with Crippen LogP contribution >= 0.6 is 0 Å². The maximum atomic E-state index is 14.2. The van der Waals surface area contributed by atoms with Crippen molar-refractivity contribution in [1.82, 2.24) is 4.90 Å². The van der Waals surface area contributed by atoms with E-state index in [1.165, 1.54) is 38.2 Å². The molecule has 1 saturated heterocycles. The van der Waals surface area contributed by atoms with Crippen molar-refractivity contribution in [3.63, 3.8) is 0 Å². The number of piperidine rings is 1. The van der Waals surface area contributed by atoms with E-state index < -0.39 is 0 Å². The number of hydrogen-bond acceptors (Lipinski definition) is 2. The summed E-state index contributed by atoms with van der Waals surface area (Å²) >= 11 is 0. The number of nitrogens with zero attached hydrogens (tertiary/aromatic N) is 1. The van der Waals surface area contributed by atoms with E-state index in [1.807, 2.05) is 12.1 Å². The van der Waals surface area contributed by atoms with E-state index >= 15 is 0 Å². The minimum Gasteiger partial charge on any atom is -0.384 e. The van der Waals surface area contributed by atoms with Gasteiger partial charge < -0.3 is 5.11 Å². The van der Waals surface area contributed by atoms with Gasteiger partial charge in [0.15, 0.2) is 0 Å². The zero-order chi connectivity index (χ0) is 15.1. The third kappa shape index (κ3) is 4.56. The second-order valence-corrected chi connectivity index (χ2v) is 5.67. The van der Waals surface area contributed by atoms with Gasteiger partial charge in [0.25, 0.3) is 0 Å². The van der Waals surface area contributed by atoms with E-state index in [1.54, 1.807) is 0 Å². The molecule has 1 N–H and O–H groups in total. The molecule has 3 heteroatoms. The lowest BCUT2D eigenvalue weighted by atomic mass is 9.97. The van der Waals surface area contributed by atoms with Gasteiger partial charge in [-0.25, -0.2) is 4.39 Å². The average Bonchev–Trinajstić information content (AvgIpc) is 2.49. The standard InChI is InChI=1S/C18H24FNO/c1-2-6-17-8-3-4-11-20(17)14-16-10-9-15(7-5-12-21)13-18(16)19/h9-10,13,17,21H,2-4,6,8,11-12,14H2,1H3. The summed E-state index contributed by atoms with van der Waals surface area (Å²) in [6.07, 6.45) is 6.11. The van der Waals surface area contributed by atoms with Crippen LogP contribution in [0, 0.1) is 17.7 Å². The molecule has 1 atom stereocenters. The molecule has 0 radical (unpaired) electrons. The summed E-state index contributed by atoms with van der Waals surface area (Å²) in [5, 5.41) is 8.67. The Balaban J connectivity index is 2.07. The van der Waals surface area contributed by atoms with Crippen molar-refractivity contribution >= 4 is 0 Å². The number of likely N-dealkylation sites (tertiary alicyclic amines) is 1. The number of benzene rings is 1. The van der Waals surface area contributed by atoms with Crippen LogP contribution in [0.4, 0.5) is 4.39 Å². The SMILES string of the molecule is CCCC1CCCCN1Cc1ccc(C#CCO)cc1F. The van der Waals surface area contributed by atoms with Gasteiger partial charge in [-0.2, -0.15) is 0 Å². The molecule has 2 rings (SSSR count). The molecule has 0 spiro atoms. The Bertz CT molecular complexity index is 516. The van der Waals surface area contributed by atoms with E-state index in [0.29, 0.717) is 18.2 Å². The molecule has 0 saturated carbocycles. The predicted octanol–water partition coefficient (Wildman–Crippen LogP) is 3.32. The van der Waals surface area contributed by atoms with Crippen LogP contribution in [0.25, 0.3) is 0 Å². The molecule has 0 amide bonds. The zero-order valence-corrected chi connectivity index (χ0v) is 12.7. The van der Waals surface area contributed by atoms with Crippen molar-refractivity contribution in [1.29, 1.82) is 0 Å². The maximum Gasteiger partial charge on any atom is 0.128 e. The van der Waals surface area contributed by atoms with Gasteiger partial charge in [-0.15, -0.1) is 0 Å². The highest BCUT2D eigenvalue weighted by Gasteiger charge is 2.22. The first-order chi connectivity index (χ1) is 10.2. The lowest BCUT2D eigenvalue weighted by Gasteiger charge is -2.35. The second-order valence-electron chi connectivity index (χ2n) is 5.67. The molecule has 21 heavy (non-hydrogen) atoms. The minimum atomic E-state index is -0.199. The van der Waals surface area contributed by atoms with Gasteiger partial charge in [-0.1, -0.05) is 37.7 Å². The van der Waals surface area contributed by atoms with E-state index in [4.69, 9.17) is 5.11 Å². The summed E-state index contributed by atoms with van der Waals surface area (Å²) in [5.41, 5.74) is 1.36. The zero-order valence-electron chi connectivity index (χ0n) is 12.7. The van der Waals surface area contributed by atoms with Gasteiger partial charge in [0.2, 0.25) is 0 Å². The largest absolute Gasteiger partial charge is 0.384 e. The summed E-state index contributed by atoms with van der Waals surface area (Å²) in [6.45, 7) is 3.76. The van der Waals surface area contributed by atoms with Gasteiger partial charge in [-0.05, 0) is 37.9 Å². The molecule has 114 valence electrons. The van der Waals surface area contributed by atoms with Crippen molar-refractivity contribution < 1.29 is 9.50 Å². The molecule has 1 aromatic carbocycles. The Labute approximate surface area is 127 Å². The molecule has 1 unspecified atom stereocenters. The minimum absolute atomic E-state index is 0.194. The van der Waals surface area contributed by atoms with E-state index in [2.05, 4.69) is 23.7 Å². The third-order valence-electron chi connectivity index (χ3n) is 4.11. The second kappa shape index (κ2) is 8.17. The quantitative estimate of drug-likeness (QED) is 0.860. The molecular weight excluding hydrogens is 265 g/mol. The predicted molar refractivity (Wildman–Crippen MR) is 83.3 cm³/mol. The van der Waals surface area contributed by atoms with Gasteiger partial charge in [-0.3, -0.25) is 4.90 Å². The first-order valence-corrected chi connectivity index (χ1v) is 7.86. The first kappa shape index (κ1) is 16.0. The van der Waals surface area contributed by atoms with Crippen molar-refractivity contribution in [3.05, 3.63) is 35.1 Å². The fourth-order valence-corrected chi connectivity index (χ4v) is 3.04. The number of halogens is 1. The summed E-state index contributed by atoms with van der Waals surface area (Å²) in [4.78, 5) is 2.42. The van der Waals surface area contributed by atoms with E-state index in [-0.39, 0.29) is 12.4 Å². The summed E-state index contributed by atoms with van der Waals surface area (Å²) in [7, 11) is 0. The van der Waals surface area contributed by atoms with Crippen LogP contribution in [-0.4, -0.2) is 29.2 Å². The normalized spacial score (nSPS) is 19.1. The fourth-order valence-electron chi connectivity index (χ4n) is 3.04. The van der Waals surface area contributed by atoms with Crippen molar-refractivity contribution in [2.75, 3.05) is 13.2 Å². The van der Waals surface area contributed by atoms with Crippen molar-refractivity contribution in [3.8, 4) is 11.8 Å². The molecular formula is C18H24FNO. The highest BCUT2D eigenvalue weighted by atomic mass is 19.1. The number of rotatable bonds is 4. The highest BCUT2D eigenvalue weighted by Crippen LogP contribution is 2.24. The molecule has 1 heterocycles. The molecule has 0 aliphatic carbocycles. The van der Waals surface area contributed by atoms with Crippen LogP contribution in [0.2, 0.25) is 0 Å². The van der Waals surface area contributed by atoms with Crippen molar-refractivity contribution in [2.45, 2.75) is 51.6 Å². The van der Waals surface area contributed by atoms with Crippen LogP contribution in [0.1, 0.15) is 50.2 Å². The Morgan fingerprint density at radius 2 is 2.24 bits per heavy atom. The lowest BCUT2D eigenvalue weighted by molar-refractivity contribution is 0.130. The number of aliphatic hydroxyl groups is 1. The van der Waals surface area contributed by atoms with Crippen LogP contribution in [0.3, 0.4) is 0 Å². The van der Waals surface area contributed by atoms with E-state index in [9.17, 15) is 4.39 Å². The Hall–Kier alpha value is -1.37. The van der Waals surface area contributed by atoms with Gasteiger partial charge in [0.05, 0.1) is 0 Å². The van der Waals surface area contributed by atoms with E-state index in [0.717, 1.165) is 12.1 Å². The summed E-state index contributed by atoms with van der Waals surface area (Å²) in [6, 6.07) is 5.72. The van der Waals surface area contributed by atoms with Crippen LogP contribution in [0.5, 0.6) is 0 Å². The summed E-state index contributed by atoms with van der Waals surface area (Å²) < 4.78 is 14.2. The molecule has 2 nitrogen and oxygen atoms in total. The number of aliphatic hydroxyl groups excluding tert-OH is 1. The average molecular weight is 289 g/mol. The number of hydrogen-bond donors (Lipinski definition) is 1. The Morgan fingerprint density at radius 1 is 1.38 bits per heavy atom. The van der Waals surface area contributed by atoms with Crippen LogP contribution < -0.4 is 0 Å². The third-order valence-corrected chi connectivity index (χ3v) is 4.11. The molecule has 1 fully saturated rings. The molecule has 0 aromatic heterocycles. The first-order valence-electron chi connectivity index (χ1n) is 7.86. The topological polar surface area (TPSA) is 23.5 Å². The Morgan fingerprint density at radius 3 is 2.95 bits per heavy atom. The smallest absolute Gasteiger partial charge is 0.128 e. The highest BCUT2D eigenvalue weighted by molar-refractivity contribution is 5.37.